The fourth-order valence-electron chi connectivity index (χ4n) is 3.55. The zero-order valence-corrected chi connectivity index (χ0v) is 17.3. The monoisotopic (exact) mass is 412 g/mol. The molecule has 0 amide bonds. The zero-order chi connectivity index (χ0) is 21.6. The zero-order valence-electron chi connectivity index (χ0n) is 17.3. The molecule has 152 valence electrons. The topological polar surface area (TPSA) is 49.4 Å². The minimum atomic E-state index is 0.682. The second-order valence-corrected chi connectivity index (χ2v) is 7.26. The molecule has 0 aromatic heterocycles. The number of rotatable bonds is 4. The van der Waals surface area contributed by atoms with E-state index >= 15 is 0 Å². The molecule has 0 unspecified atom stereocenters. The standard InChI is InChI=1S/C28H20N4/c1-5-13-21(14-6-1)25-26(22-15-7-2-8-16-22)30-32-28(24-19-11-4-12-20-24)27(31-29-25)23-17-9-3-10-18-23/h1-20H/b26-25?,28-27?,29-25-,30-26-,31-27-,31-29?,32-28-,32-30?. The molecular weight excluding hydrogens is 392 g/mol. The molecule has 0 aliphatic carbocycles. The summed E-state index contributed by atoms with van der Waals surface area (Å²) in [6.07, 6.45) is 0. The molecule has 0 saturated carbocycles. The van der Waals surface area contributed by atoms with E-state index in [-0.39, 0.29) is 0 Å². The summed E-state index contributed by atoms with van der Waals surface area (Å²) in [7, 11) is 0. The second kappa shape index (κ2) is 9.14. The Morgan fingerprint density at radius 3 is 0.625 bits per heavy atom. The predicted octanol–water partition coefficient (Wildman–Crippen LogP) is 5.79. The van der Waals surface area contributed by atoms with Gasteiger partial charge in [-0.2, -0.15) is 0 Å². The largest absolute Gasteiger partial charge is 0.147 e. The summed E-state index contributed by atoms with van der Waals surface area (Å²) in [6.45, 7) is 0. The van der Waals surface area contributed by atoms with Gasteiger partial charge in [-0.15, -0.1) is 20.4 Å². The number of nitrogens with zero attached hydrogens (tertiary/aromatic N) is 4. The molecule has 0 radical (unpaired) electrons. The van der Waals surface area contributed by atoms with Gasteiger partial charge in [0.05, 0.1) is 0 Å². The molecule has 1 aliphatic heterocycles. The third-order valence-electron chi connectivity index (χ3n) is 5.14. The highest BCUT2D eigenvalue weighted by Gasteiger charge is 2.20. The van der Waals surface area contributed by atoms with E-state index in [1.165, 1.54) is 0 Å². The van der Waals surface area contributed by atoms with E-state index in [1.54, 1.807) is 0 Å². The minimum Gasteiger partial charge on any atom is -0.147 e. The van der Waals surface area contributed by atoms with Crippen LogP contribution in [0.2, 0.25) is 0 Å². The molecule has 0 spiro atoms. The van der Waals surface area contributed by atoms with Crippen LogP contribution >= 0.6 is 0 Å². The molecule has 32 heavy (non-hydrogen) atoms. The maximum Gasteiger partial charge on any atom is 0.121 e. The van der Waals surface area contributed by atoms with Gasteiger partial charge in [0.2, 0.25) is 0 Å². The number of hydrogen-bond donors (Lipinski definition) is 0. The van der Waals surface area contributed by atoms with Crippen LogP contribution in [-0.2, 0) is 0 Å². The molecule has 0 saturated heterocycles. The van der Waals surface area contributed by atoms with E-state index in [0.717, 1.165) is 22.3 Å². The van der Waals surface area contributed by atoms with Gasteiger partial charge in [-0.05, 0) is 0 Å². The number of hydrogen-bond acceptors (Lipinski definition) is 4. The normalized spacial score (nSPS) is 20.2. The van der Waals surface area contributed by atoms with Crippen LogP contribution in [0.25, 0.3) is 0 Å². The molecule has 5 rings (SSSR count). The molecule has 4 aromatic rings. The van der Waals surface area contributed by atoms with Gasteiger partial charge in [0.1, 0.15) is 22.8 Å². The summed E-state index contributed by atoms with van der Waals surface area (Å²) in [6, 6.07) is 39.9. The van der Waals surface area contributed by atoms with Crippen molar-refractivity contribution in [2.24, 2.45) is 20.4 Å². The van der Waals surface area contributed by atoms with Crippen LogP contribution in [0.15, 0.2) is 142 Å². The van der Waals surface area contributed by atoms with Crippen molar-refractivity contribution in [3.05, 3.63) is 144 Å². The lowest BCUT2D eigenvalue weighted by Gasteiger charge is -2.14. The van der Waals surface area contributed by atoms with Gasteiger partial charge in [0, 0.05) is 22.3 Å². The number of benzene rings is 4. The molecule has 1 heterocycles. The maximum absolute atomic E-state index is 4.74. The van der Waals surface area contributed by atoms with Crippen LogP contribution < -0.4 is 0 Å². The Kier molecular flexibility index (Phi) is 5.58. The molecule has 4 heteroatoms. The van der Waals surface area contributed by atoms with Crippen molar-refractivity contribution in [3.63, 3.8) is 0 Å². The van der Waals surface area contributed by atoms with E-state index in [9.17, 15) is 0 Å². The van der Waals surface area contributed by atoms with Crippen LogP contribution in [0.4, 0.5) is 0 Å². The fourth-order valence-corrected chi connectivity index (χ4v) is 3.55. The van der Waals surface area contributed by atoms with Crippen LogP contribution in [0.3, 0.4) is 0 Å². The van der Waals surface area contributed by atoms with Gasteiger partial charge in [0.15, 0.2) is 0 Å². The van der Waals surface area contributed by atoms with Crippen molar-refractivity contribution >= 4 is 22.8 Å². The second-order valence-electron chi connectivity index (χ2n) is 7.26. The van der Waals surface area contributed by atoms with E-state index in [1.807, 2.05) is 121 Å². The predicted molar refractivity (Wildman–Crippen MR) is 132 cm³/mol. The average molecular weight is 412 g/mol. The average Bonchev–Trinajstić information content (AvgIpc) is 2.86. The third-order valence-corrected chi connectivity index (χ3v) is 5.14. The molecule has 4 nitrogen and oxygen atoms in total. The van der Waals surface area contributed by atoms with Crippen molar-refractivity contribution in [3.8, 4) is 0 Å². The van der Waals surface area contributed by atoms with Crippen LogP contribution in [0, 0.1) is 0 Å². The highest BCUT2D eigenvalue weighted by atomic mass is 15.3. The summed E-state index contributed by atoms with van der Waals surface area (Å²) < 4.78 is 0. The van der Waals surface area contributed by atoms with Crippen molar-refractivity contribution in [1.82, 2.24) is 0 Å². The fraction of sp³-hybridized carbons (Fsp3) is 0. The quantitative estimate of drug-likeness (QED) is 0.408. The van der Waals surface area contributed by atoms with Crippen LogP contribution in [0.5, 0.6) is 0 Å². The Hall–Kier alpha value is -4.44. The molecular formula is C28H20N4. The lowest BCUT2D eigenvalue weighted by molar-refractivity contribution is 1.20. The summed E-state index contributed by atoms with van der Waals surface area (Å²) in [5.74, 6) is 0. The molecule has 0 bridgehead atoms. The van der Waals surface area contributed by atoms with Crippen molar-refractivity contribution < 1.29 is 0 Å². The van der Waals surface area contributed by atoms with Crippen LogP contribution in [0.1, 0.15) is 22.3 Å². The first kappa shape index (κ1) is 19.5. The van der Waals surface area contributed by atoms with E-state index in [4.69, 9.17) is 20.4 Å². The molecule has 0 atom stereocenters. The van der Waals surface area contributed by atoms with Crippen molar-refractivity contribution in [1.29, 1.82) is 0 Å². The summed E-state index contributed by atoms with van der Waals surface area (Å²) in [5.41, 5.74) is 6.47. The van der Waals surface area contributed by atoms with Gasteiger partial charge >= 0.3 is 0 Å². The first-order valence-electron chi connectivity index (χ1n) is 10.4. The van der Waals surface area contributed by atoms with E-state index in [0.29, 0.717) is 22.8 Å². The highest BCUT2D eigenvalue weighted by Crippen LogP contribution is 2.17. The molecule has 4 aromatic carbocycles. The first-order chi connectivity index (χ1) is 15.9. The molecule has 0 N–H and O–H groups in total. The van der Waals surface area contributed by atoms with Gasteiger partial charge in [-0.1, -0.05) is 121 Å². The van der Waals surface area contributed by atoms with Gasteiger partial charge < -0.3 is 0 Å². The summed E-state index contributed by atoms with van der Waals surface area (Å²) >= 11 is 0. The first-order valence-corrected chi connectivity index (χ1v) is 10.4. The smallest absolute Gasteiger partial charge is 0.121 e. The molecule has 1 aliphatic rings. The SMILES string of the molecule is c1ccc(C2=N/N=C(c3ccccc3)\C(c3ccccc3)=N/N=C\2c2ccccc2)cc1. The van der Waals surface area contributed by atoms with Gasteiger partial charge in [-0.3, -0.25) is 0 Å². The van der Waals surface area contributed by atoms with Crippen LogP contribution in [-0.4, -0.2) is 22.8 Å². The Morgan fingerprint density at radius 1 is 0.250 bits per heavy atom. The Balaban J connectivity index is 1.75. The maximum atomic E-state index is 4.74. The minimum absolute atomic E-state index is 0.682. The van der Waals surface area contributed by atoms with E-state index < -0.39 is 0 Å². The van der Waals surface area contributed by atoms with Gasteiger partial charge in [-0.25, -0.2) is 0 Å². The third kappa shape index (κ3) is 4.07. The van der Waals surface area contributed by atoms with Gasteiger partial charge in [0.25, 0.3) is 0 Å². The lowest BCUT2D eigenvalue weighted by Crippen LogP contribution is -2.22. The Labute approximate surface area is 187 Å². The van der Waals surface area contributed by atoms with Crippen molar-refractivity contribution in [2.75, 3.05) is 0 Å². The van der Waals surface area contributed by atoms with E-state index in [2.05, 4.69) is 0 Å². The Bertz CT molecular complexity index is 1110. The molecule has 0 fully saturated rings. The summed E-state index contributed by atoms with van der Waals surface area (Å²) in [5, 5.41) is 19.0. The highest BCUT2D eigenvalue weighted by molar-refractivity contribution is 6.56. The van der Waals surface area contributed by atoms with Crippen molar-refractivity contribution in [2.45, 2.75) is 0 Å². The Morgan fingerprint density at radius 2 is 0.438 bits per heavy atom. The summed E-state index contributed by atoms with van der Waals surface area (Å²) in [4.78, 5) is 0. The lowest BCUT2D eigenvalue weighted by atomic mass is 9.99.